The molecule has 1 aliphatic heterocycles. The van der Waals surface area contributed by atoms with Crippen LogP contribution in [0.3, 0.4) is 0 Å². The third kappa shape index (κ3) is 3.56. The molecule has 16 heavy (non-hydrogen) atoms. The summed E-state index contributed by atoms with van der Waals surface area (Å²) in [6, 6.07) is 0. The predicted molar refractivity (Wildman–Crippen MR) is 56.8 cm³/mol. The van der Waals surface area contributed by atoms with Crippen LogP contribution in [0.25, 0.3) is 0 Å². The highest BCUT2D eigenvalue weighted by molar-refractivity contribution is 6.18. The fourth-order valence-corrected chi connectivity index (χ4v) is 1.96. The molecule has 0 aromatic carbocycles. The largest absolute Gasteiger partial charge is 0.368 e. The molecule has 2 atom stereocenters. The number of amides is 1. The number of ether oxygens (including phenoxy) is 1. The number of alkyl halides is 3. The van der Waals surface area contributed by atoms with Crippen LogP contribution in [-0.4, -0.2) is 48.9 Å². The van der Waals surface area contributed by atoms with Crippen molar-refractivity contribution in [2.75, 3.05) is 25.6 Å². The normalized spacial score (nSPS) is 25.1. The van der Waals surface area contributed by atoms with Gasteiger partial charge in [-0.05, 0) is 12.3 Å². The molecule has 1 rings (SSSR count). The Kier molecular flexibility index (Phi) is 5.41. The van der Waals surface area contributed by atoms with Crippen LogP contribution >= 0.6 is 11.6 Å². The molecule has 0 N–H and O–H groups in total. The Hall–Kier alpha value is -0.420. The molecule has 1 heterocycles. The molecule has 1 fully saturated rings. The Morgan fingerprint density at radius 1 is 1.62 bits per heavy atom. The zero-order valence-electron chi connectivity index (χ0n) is 9.17. The van der Waals surface area contributed by atoms with Crippen LogP contribution in [-0.2, 0) is 9.53 Å². The fraction of sp³-hybridized carbons (Fsp3) is 0.900. The lowest BCUT2D eigenvalue weighted by Crippen LogP contribution is -2.44. The first-order chi connectivity index (χ1) is 7.56. The lowest BCUT2D eigenvalue weighted by atomic mass is 10.0. The number of carbonyl (C=O) groups excluding carboxylic acids is 1. The number of nitrogens with zero attached hydrogens (tertiary/aromatic N) is 1. The third-order valence-electron chi connectivity index (χ3n) is 2.66. The Morgan fingerprint density at radius 2 is 2.31 bits per heavy atom. The van der Waals surface area contributed by atoms with Gasteiger partial charge in [0.05, 0.1) is 6.54 Å². The molecule has 1 aliphatic rings. The molecule has 1 saturated heterocycles. The van der Waals surface area contributed by atoms with Crippen molar-refractivity contribution in [2.24, 2.45) is 5.92 Å². The molecule has 0 saturated carbocycles. The molecule has 0 aromatic rings. The standard InChI is InChI=1S/C10H16ClF2NO2/c1-7-2-5-16-9(7)10(15)14(4-3-11)6-8(12)13/h7-9H,2-6H2,1H3. The second-order valence-corrected chi connectivity index (χ2v) is 4.30. The lowest BCUT2D eigenvalue weighted by molar-refractivity contribution is -0.144. The van der Waals surface area contributed by atoms with Gasteiger partial charge in [0, 0.05) is 19.0 Å². The maximum Gasteiger partial charge on any atom is 0.255 e. The zero-order valence-corrected chi connectivity index (χ0v) is 9.92. The van der Waals surface area contributed by atoms with E-state index < -0.39 is 19.1 Å². The molecule has 2 unspecified atom stereocenters. The summed E-state index contributed by atoms with van der Waals surface area (Å²) >= 11 is 5.49. The molecule has 0 spiro atoms. The van der Waals surface area contributed by atoms with Crippen LogP contribution in [0, 0.1) is 5.92 Å². The molecule has 0 bridgehead atoms. The van der Waals surface area contributed by atoms with Crippen molar-refractivity contribution in [1.29, 1.82) is 0 Å². The van der Waals surface area contributed by atoms with Crippen molar-refractivity contribution < 1.29 is 18.3 Å². The Balaban J connectivity index is 2.58. The molecule has 0 aliphatic carbocycles. The first-order valence-corrected chi connectivity index (χ1v) is 5.84. The SMILES string of the molecule is CC1CCOC1C(=O)N(CCCl)CC(F)F. The van der Waals surface area contributed by atoms with E-state index in [1.165, 1.54) is 0 Å². The van der Waals surface area contributed by atoms with Crippen molar-refractivity contribution in [3.05, 3.63) is 0 Å². The first kappa shape index (κ1) is 13.6. The Bertz CT molecular complexity index is 241. The molecule has 3 nitrogen and oxygen atoms in total. The zero-order chi connectivity index (χ0) is 12.1. The minimum Gasteiger partial charge on any atom is -0.368 e. The van der Waals surface area contributed by atoms with E-state index in [2.05, 4.69) is 0 Å². The van der Waals surface area contributed by atoms with E-state index in [0.717, 1.165) is 11.3 Å². The van der Waals surface area contributed by atoms with Crippen LogP contribution in [0.5, 0.6) is 0 Å². The third-order valence-corrected chi connectivity index (χ3v) is 2.82. The van der Waals surface area contributed by atoms with E-state index in [-0.39, 0.29) is 24.2 Å². The number of hydrogen-bond donors (Lipinski definition) is 0. The van der Waals surface area contributed by atoms with Crippen LogP contribution in [0.4, 0.5) is 8.78 Å². The van der Waals surface area contributed by atoms with Crippen molar-refractivity contribution in [3.8, 4) is 0 Å². The molecular formula is C10H16ClF2NO2. The summed E-state index contributed by atoms with van der Waals surface area (Å²) in [5.41, 5.74) is 0. The second kappa shape index (κ2) is 6.35. The van der Waals surface area contributed by atoms with E-state index in [4.69, 9.17) is 16.3 Å². The number of halogens is 3. The van der Waals surface area contributed by atoms with Crippen molar-refractivity contribution >= 4 is 17.5 Å². The molecule has 94 valence electrons. The monoisotopic (exact) mass is 255 g/mol. The average Bonchev–Trinajstić information content (AvgIpc) is 2.62. The van der Waals surface area contributed by atoms with Crippen molar-refractivity contribution in [1.82, 2.24) is 4.90 Å². The van der Waals surface area contributed by atoms with Crippen molar-refractivity contribution in [2.45, 2.75) is 25.9 Å². The summed E-state index contributed by atoms with van der Waals surface area (Å²) in [6.45, 7) is 1.97. The predicted octanol–water partition coefficient (Wildman–Crippen LogP) is 1.74. The number of hydrogen-bond acceptors (Lipinski definition) is 2. The second-order valence-electron chi connectivity index (χ2n) is 3.92. The van der Waals surface area contributed by atoms with Gasteiger partial charge in [0.2, 0.25) is 0 Å². The summed E-state index contributed by atoms with van der Waals surface area (Å²) in [6.07, 6.45) is -2.33. The molecule has 0 aromatic heterocycles. The Morgan fingerprint density at radius 3 is 2.75 bits per heavy atom. The van der Waals surface area contributed by atoms with Crippen molar-refractivity contribution in [3.63, 3.8) is 0 Å². The van der Waals surface area contributed by atoms with Gasteiger partial charge in [-0.2, -0.15) is 0 Å². The summed E-state index contributed by atoms with van der Waals surface area (Å²) in [7, 11) is 0. The summed E-state index contributed by atoms with van der Waals surface area (Å²) in [4.78, 5) is 13.0. The maximum absolute atomic E-state index is 12.3. The van der Waals surface area contributed by atoms with Gasteiger partial charge in [-0.1, -0.05) is 6.92 Å². The quantitative estimate of drug-likeness (QED) is 0.701. The van der Waals surface area contributed by atoms with Crippen LogP contribution in [0.2, 0.25) is 0 Å². The van der Waals surface area contributed by atoms with Gasteiger partial charge in [0.25, 0.3) is 12.3 Å². The van der Waals surface area contributed by atoms with Gasteiger partial charge in [0.1, 0.15) is 6.10 Å². The fourth-order valence-electron chi connectivity index (χ4n) is 1.75. The lowest BCUT2D eigenvalue weighted by Gasteiger charge is -2.25. The first-order valence-electron chi connectivity index (χ1n) is 5.30. The van der Waals surface area contributed by atoms with Gasteiger partial charge in [-0.25, -0.2) is 8.78 Å². The summed E-state index contributed by atoms with van der Waals surface area (Å²) in [5, 5.41) is 0. The van der Waals surface area contributed by atoms with Gasteiger partial charge in [-0.15, -0.1) is 11.6 Å². The van der Waals surface area contributed by atoms with E-state index in [9.17, 15) is 13.6 Å². The van der Waals surface area contributed by atoms with E-state index in [1.54, 1.807) is 0 Å². The highest BCUT2D eigenvalue weighted by Gasteiger charge is 2.34. The average molecular weight is 256 g/mol. The summed E-state index contributed by atoms with van der Waals surface area (Å²) in [5.74, 6) is -0.131. The molecule has 6 heteroatoms. The van der Waals surface area contributed by atoms with Crippen LogP contribution in [0.15, 0.2) is 0 Å². The van der Waals surface area contributed by atoms with Gasteiger partial charge in [-0.3, -0.25) is 4.79 Å². The molecule has 1 amide bonds. The smallest absolute Gasteiger partial charge is 0.255 e. The van der Waals surface area contributed by atoms with E-state index in [0.29, 0.717) is 6.61 Å². The van der Waals surface area contributed by atoms with Gasteiger partial charge >= 0.3 is 0 Å². The maximum atomic E-state index is 12.3. The number of rotatable bonds is 5. The van der Waals surface area contributed by atoms with Crippen LogP contribution in [0.1, 0.15) is 13.3 Å². The van der Waals surface area contributed by atoms with Gasteiger partial charge < -0.3 is 9.64 Å². The molecule has 0 radical (unpaired) electrons. The topological polar surface area (TPSA) is 29.5 Å². The Labute approximate surface area is 98.7 Å². The highest BCUT2D eigenvalue weighted by atomic mass is 35.5. The highest BCUT2D eigenvalue weighted by Crippen LogP contribution is 2.22. The number of carbonyl (C=O) groups is 1. The minimum absolute atomic E-state index is 0.0861. The van der Waals surface area contributed by atoms with E-state index >= 15 is 0 Å². The van der Waals surface area contributed by atoms with Gasteiger partial charge in [0.15, 0.2) is 0 Å². The van der Waals surface area contributed by atoms with Crippen LogP contribution < -0.4 is 0 Å². The minimum atomic E-state index is -2.54. The summed E-state index contributed by atoms with van der Waals surface area (Å²) < 4.78 is 29.8. The molecular weight excluding hydrogens is 240 g/mol. The van der Waals surface area contributed by atoms with E-state index in [1.807, 2.05) is 6.92 Å².